The molecule has 0 atom stereocenters. The lowest BCUT2D eigenvalue weighted by molar-refractivity contribution is 0.0699. The fourth-order valence-electron chi connectivity index (χ4n) is 1.21. The second-order valence-corrected chi connectivity index (χ2v) is 4.62. The molecule has 0 fully saturated rings. The van der Waals surface area contributed by atoms with Gasteiger partial charge in [-0.25, -0.2) is 4.79 Å². The largest absolute Gasteiger partial charge is 0.477 e. The summed E-state index contributed by atoms with van der Waals surface area (Å²) in [5, 5.41) is 10.4. The summed E-state index contributed by atoms with van der Waals surface area (Å²) in [5.74, 6) is -0.172. The number of fused-ring (bicyclic) bond motifs is 1. The Morgan fingerprint density at radius 3 is 3.00 bits per heavy atom. The molecule has 0 aromatic carbocycles. The normalized spacial score (nSPS) is 15.5. The van der Waals surface area contributed by atoms with Crippen LogP contribution in [0.5, 0.6) is 0 Å². The number of ketones is 1. The molecule has 68 valence electrons. The van der Waals surface area contributed by atoms with Crippen molar-refractivity contribution in [3.63, 3.8) is 0 Å². The Kier molecular flexibility index (Phi) is 2.13. The Morgan fingerprint density at radius 2 is 2.31 bits per heavy atom. The fourth-order valence-corrected chi connectivity index (χ4v) is 3.45. The number of carboxylic acids is 1. The lowest BCUT2D eigenvalue weighted by atomic mass is 10.1. The van der Waals surface area contributed by atoms with Crippen LogP contribution in [0, 0.1) is 0 Å². The van der Waals surface area contributed by atoms with E-state index in [1.165, 1.54) is 11.8 Å². The van der Waals surface area contributed by atoms with Crippen LogP contribution < -0.4 is 0 Å². The van der Waals surface area contributed by atoms with Crippen LogP contribution in [0.25, 0.3) is 0 Å². The molecule has 0 saturated carbocycles. The monoisotopic (exact) mass is 214 g/mol. The summed E-state index contributed by atoms with van der Waals surface area (Å²) in [6, 6.07) is 0. The highest BCUT2D eigenvalue weighted by Gasteiger charge is 2.25. The lowest BCUT2D eigenvalue weighted by Crippen LogP contribution is -2.07. The van der Waals surface area contributed by atoms with Crippen molar-refractivity contribution in [3.8, 4) is 0 Å². The van der Waals surface area contributed by atoms with Gasteiger partial charge in [-0.2, -0.15) is 0 Å². The Balaban J connectivity index is 2.53. The molecule has 0 radical (unpaired) electrons. The Hall–Kier alpha value is -0.810. The summed E-state index contributed by atoms with van der Waals surface area (Å²) in [6.07, 6.45) is 0.521. The van der Waals surface area contributed by atoms with Crippen molar-refractivity contribution in [3.05, 3.63) is 15.8 Å². The minimum absolute atomic E-state index is 0.0671. The van der Waals surface area contributed by atoms with Crippen LogP contribution in [-0.2, 0) is 0 Å². The van der Waals surface area contributed by atoms with Crippen LogP contribution in [0.1, 0.15) is 26.5 Å². The van der Waals surface area contributed by atoms with E-state index in [0.717, 1.165) is 11.3 Å². The number of thiophene rings is 1. The molecule has 2 heterocycles. The number of carbonyl (C=O) groups excluding carboxylic acids is 1. The van der Waals surface area contributed by atoms with Crippen LogP contribution in [0.3, 0.4) is 0 Å². The van der Waals surface area contributed by atoms with Gasteiger partial charge in [0.1, 0.15) is 4.88 Å². The molecule has 0 unspecified atom stereocenters. The zero-order valence-electron chi connectivity index (χ0n) is 6.57. The average Bonchev–Trinajstić information content (AvgIpc) is 2.48. The van der Waals surface area contributed by atoms with Crippen molar-refractivity contribution in [2.24, 2.45) is 0 Å². The minimum Gasteiger partial charge on any atom is -0.477 e. The Morgan fingerprint density at radius 1 is 1.54 bits per heavy atom. The summed E-state index contributed by atoms with van der Waals surface area (Å²) in [7, 11) is 0. The van der Waals surface area contributed by atoms with Gasteiger partial charge < -0.3 is 5.11 Å². The van der Waals surface area contributed by atoms with E-state index in [-0.39, 0.29) is 5.78 Å². The van der Waals surface area contributed by atoms with Crippen molar-refractivity contribution >= 4 is 34.9 Å². The van der Waals surface area contributed by atoms with E-state index in [1.54, 1.807) is 5.38 Å². The second-order valence-electron chi connectivity index (χ2n) is 2.63. The van der Waals surface area contributed by atoms with E-state index in [0.29, 0.717) is 27.5 Å². The summed E-state index contributed by atoms with van der Waals surface area (Å²) in [5.41, 5.74) is 0.596. The number of carbonyl (C=O) groups is 2. The van der Waals surface area contributed by atoms with Gasteiger partial charge in [0.05, 0.1) is 0 Å². The van der Waals surface area contributed by atoms with Gasteiger partial charge in [-0.1, -0.05) is 0 Å². The number of carboxylic acid groups (broad SMARTS) is 1. The molecule has 1 aromatic rings. The second kappa shape index (κ2) is 3.16. The van der Waals surface area contributed by atoms with Crippen molar-refractivity contribution in [1.29, 1.82) is 0 Å². The maximum Gasteiger partial charge on any atom is 0.347 e. The summed E-state index contributed by atoms with van der Waals surface area (Å²) >= 11 is 2.60. The van der Waals surface area contributed by atoms with E-state index in [4.69, 9.17) is 5.11 Å². The summed E-state index contributed by atoms with van der Waals surface area (Å²) < 4.78 is 0. The number of rotatable bonds is 1. The predicted octanol–water partition coefficient (Wildman–Crippen LogP) is 2.12. The van der Waals surface area contributed by atoms with Gasteiger partial charge >= 0.3 is 5.97 Å². The maximum atomic E-state index is 11.3. The highest BCUT2D eigenvalue weighted by Crippen LogP contribution is 2.36. The van der Waals surface area contributed by atoms with Gasteiger partial charge in [0.2, 0.25) is 0 Å². The zero-order chi connectivity index (χ0) is 9.42. The molecule has 1 aliphatic rings. The van der Waals surface area contributed by atoms with Gasteiger partial charge in [-0.3, -0.25) is 4.79 Å². The van der Waals surface area contributed by atoms with Crippen molar-refractivity contribution < 1.29 is 14.7 Å². The van der Waals surface area contributed by atoms with Gasteiger partial charge in [-0.05, 0) is 0 Å². The first-order chi connectivity index (χ1) is 6.20. The number of thioether (sulfide) groups is 1. The highest BCUT2D eigenvalue weighted by molar-refractivity contribution is 7.99. The van der Waals surface area contributed by atoms with E-state index >= 15 is 0 Å². The van der Waals surface area contributed by atoms with Crippen molar-refractivity contribution in [2.45, 2.75) is 11.3 Å². The quantitative estimate of drug-likeness (QED) is 0.778. The molecule has 0 spiro atoms. The molecule has 0 aliphatic carbocycles. The lowest BCUT2D eigenvalue weighted by Gasteiger charge is -2.09. The predicted molar refractivity (Wildman–Crippen MR) is 50.9 cm³/mol. The van der Waals surface area contributed by atoms with Crippen molar-refractivity contribution in [2.75, 3.05) is 5.75 Å². The zero-order valence-corrected chi connectivity index (χ0v) is 8.20. The molecular formula is C8H6O3S2. The standard InChI is InChI=1S/C8H6O3S2/c9-5-1-2-12-6-4(5)3-13-7(6)8(10)11/h3H,1-2H2,(H,10,11). The number of aromatic carboxylic acids is 1. The molecule has 0 saturated heterocycles. The Bertz CT molecular complexity index is 367. The minimum atomic E-state index is -0.937. The first-order valence-electron chi connectivity index (χ1n) is 3.71. The van der Waals surface area contributed by atoms with E-state index in [2.05, 4.69) is 0 Å². The highest BCUT2D eigenvalue weighted by atomic mass is 32.2. The van der Waals surface area contributed by atoms with Gasteiger partial charge in [0, 0.05) is 28.0 Å². The molecule has 1 aromatic heterocycles. The van der Waals surface area contributed by atoms with Crippen LogP contribution in [0.2, 0.25) is 0 Å². The number of hydrogen-bond donors (Lipinski definition) is 1. The average molecular weight is 214 g/mol. The molecule has 0 bridgehead atoms. The maximum absolute atomic E-state index is 11.3. The van der Waals surface area contributed by atoms with Crippen LogP contribution in [-0.4, -0.2) is 22.6 Å². The SMILES string of the molecule is O=C1CCSc2c1csc2C(=O)O. The third kappa shape index (κ3) is 1.38. The smallest absolute Gasteiger partial charge is 0.347 e. The van der Waals surface area contributed by atoms with Gasteiger partial charge in [0.15, 0.2) is 5.78 Å². The van der Waals surface area contributed by atoms with Gasteiger partial charge in [-0.15, -0.1) is 23.1 Å². The molecule has 2 rings (SSSR count). The molecule has 0 amide bonds. The van der Waals surface area contributed by atoms with Crippen LogP contribution in [0.15, 0.2) is 10.3 Å². The van der Waals surface area contributed by atoms with Crippen molar-refractivity contribution in [1.82, 2.24) is 0 Å². The topological polar surface area (TPSA) is 54.4 Å². The molecule has 5 heteroatoms. The first kappa shape index (κ1) is 8.77. The third-order valence-electron chi connectivity index (χ3n) is 1.82. The van der Waals surface area contributed by atoms with Gasteiger partial charge in [0.25, 0.3) is 0 Å². The first-order valence-corrected chi connectivity index (χ1v) is 5.57. The number of hydrogen-bond acceptors (Lipinski definition) is 4. The fraction of sp³-hybridized carbons (Fsp3) is 0.250. The molecule has 3 nitrogen and oxygen atoms in total. The Labute approximate surface area is 82.8 Å². The molecule has 1 N–H and O–H groups in total. The molecule has 1 aliphatic heterocycles. The van der Waals surface area contributed by atoms with E-state index < -0.39 is 5.97 Å². The summed E-state index contributed by atoms with van der Waals surface area (Å²) in [4.78, 5) is 23.0. The van der Waals surface area contributed by atoms with Crippen LogP contribution >= 0.6 is 23.1 Å². The third-order valence-corrected chi connectivity index (χ3v) is 4.03. The summed E-state index contributed by atoms with van der Waals surface area (Å²) in [6.45, 7) is 0. The molecule has 13 heavy (non-hydrogen) atoms. The molecular weight excluding hydrogens is 208 g/mol. The number of Topliss-reactive ketones (excluding diaryl/α,β-unsaturated/α-hetero) is 1. The van der Waals surface area contributed by atoms with Crippen LogP contribution in [0.4, 0.5) is 0 Å². The van der Waals surface area contributed by atoms with E-state index in [9.17, 15) is 9.59 Å². The van der Waals surface area contributed by atoms with E-state index in [1.807, 2.05) is 0 Å².